The van der Waals surface area contributed by atoms with E-state index in [0.717, 1.165) is 0 Å². The molecule has 0 aromatic rings. The highest BCUT2D eigenvalue weighted by Gasteiger charge is 2.27. The van der Waals surface area contributed by atoms with E-state index in [0.29, 0.717) is 19.4 Å². The second-order valence-electron chi connectivity index (χ2n) is 6.40. The van der Waals surface area contributed by atoms with Crippen molar-refractivity contribution in [3.8, 4) is 0 Å². The van der Waals surface area contributed by atoms with Crippen LogP contribution in [0.15, 0.2) is 12.2 Å². The highest BCUT2D eigenvalue weighted by Crippen LogP contribution is 2.17. The van der Waals surface area contributed by atoms with Crippen LogP contribution in [0.1, 0.15) is 40.5 Å². The van der Waals surface area contributed by atoms with Crippen molar-refractivity contribution in [1.29, 1.82) is 0 Å². The molecule has 0 saturated carbocycles. The van der Waals surface area contributed by atoms with Gasteiger partial charge < -0.3 is 14.8 Å². The van der Waals surface area contributed by atoms with E-state index in [1.165, 1.54) is 12.2 Å². The highest BCUT2D eigenvalue weighted by atomic mass is 16.7. The van der Waals surface area contributed by atoms with Gasteiger partial charge in [-0.1, -0.05) is 6.08 Å². The zero-order valence-corrected chi connectivity index (χ0v) is 14.6. The fourth-order valence-electron chi connectivity index (χ4n) is 2.10. The third kappa shape index (κ3) is 7.96. The molecule has 136 valence electrons. The minimum Gasteiger partial charge on any atom is -0.463 e. The molecule has 2 amide bonds. The third-order valence-electron chi connectivity index (χ3n) is 3.10. The first-order valence-corrected chi connectivity index (χ1v) is 7.97. The normalized spacial score (nSPS) is 19.5. The smallest absolute Gasteiger partial charge is 0.408 e. The van der Waals surface area contributed by atoms with Gasteiger partial charge in [-0.3, -0.25) is 9.63 Å². The van der Waals surface area contributed by atoms with Gasteiger partial charge in [0.25, 0.3) is 0 Å². The largest absolute Gasteiger partial charge is 0.463 e. The molecule has 8 nitrogen and oxygen atoms in total. The van der Waals surface area contributed by atoms with E-state index in [9.17, 15) is 14.4 Å². The lowest BCUT2D eigenvalue weighted by molar-refractivity contribution is -0.145. The first-order chi connectivity index (χ1) is 11.2. The van der Waals surface area contributed by atoms with Crippen LogP contribution in [-0.4, -0.2) is 42.8 Å². The van der Waals surface area contributed by atoms with Crippen LogP contribution in [0, 0.1) is 5.92 Å². The predicted molar refractivity (Wildman–Crippen MR) is 85.7 cm³/mol. The maximum absolute atomic E-state index is 12.0. The summed E-state index contributed by atoms with van der Waals surface area (Å²) in [4.78, 5) is 40.1. The average molecular weight is 342 g/mol. The summed E-state index contributed by atoms with van der Waals surface area (Å²) in [6, 6.07) is -0.543. The number of hydrogen-bond donors (Lipinski definition) is 2. The summed E-state index contributed by atoms with van der Waals surface area (Å²) in [6.07, 6.45) is 2.98. The molecule has 1 aliphatic heterocycles. The molecule has 1 aliphatic rings. The predicted octanol–water partition coefficient (Wildman–Crippen LogP) is 1.46. The van der Waals surface area contributed by atoms with Crippen LogP contribution >= 0.6 is 0 Å². The summed E-state index contributed by atoms with van der Waals surface area (Å²) in [6.45, 7) is 7.62. The van der Waals surface area contributed by atoms with Gasteiger partial charge in [-0.25, -0.2) is 15.1 Å². The van der Waals surface area contributed by atoms with Crippen molar-refractivity contribution in [1.82, 2.24) is 10.8 Å². The lowest BCUT2D eigenvalue weighted by Crippen LogP contribution is -2.43. The molecular weight excluding hydrogens is 316 g/mol. The van der Waals surface area contributed by atoms with Gasteiger partial charge in [0.05, 0.1) is 19.3 Å². The number of carbonyl (C=O) groups is 3. The van der Waals surface area contributed by atoms with Crippen molar-refractivity contribution in [3.63, 3.8) is 0 Å². The second kappa shape index (κ2) is 9.27. The molecule has 0 aliphatic carbocycles. The summed E-state index contributed by atoms with van der Waals surface area (Å²) in [5.74, 6) is -1.09. The number of esters is 1. The Morgan fingerprint density at radius 2 is 2.17 bits per heavy atom. The van der Waals surface area contributed by atoms with Crippen molar-refractivity contribution >= 4 is 18.0 Å². The van der Waals surface area contributed by atoms with E-state index < -0.39 is 23.7 Å². The van der Waals surface area contributed by atoms with Gasteiger partial charge in [0.1, 0.15) is 5.60 Å². The fourth-order valence-corrected chi connectivity index (χ4v) is 2.10. The number of amides is 2. The Labute approximate surface area is 141 Å². The number of carbonyl (C=O) groups excluding carboxylic acids is 3. The summed E-state index contributed by atoms with van der Waals surface area (Å²) in [5, 5.41) is 2.66. The molecule has 24 heavy (non-hydrogen) atoms. The Balaban J connectivity index is 2.72. The Morgan fingerprint density at radius 1 is 1.46 bits per heavy atom. The third-order valence-corrected chi connectivity index (χ3v) is 3.10. The van der Waals surface area contributed by atoms with E-state index in [-0.39, 0.29) is 18.4 Å². The Hall–Kier alpha value is -2.09. The van der Waals surface area contributed by atoms with Gasteiger partial charge in [-0.05, 0) is 40.5 Å². The molecule has 8 heteroatoms. The molecule has 1 saturated heterocycles. The van der Waals surface area contributed by atoms with Crippen molar-refractivity contribution < 1.29 is 28.7 Å². The molecular formula is C16H26N2O6. The quantitative estimate of drug-likeness (QED) is 0.559. The van der Waals surface area contributed by atoms with E-state index in [2.05, 4.69) is 10.8 Å². The molecule has 2 atom stereocenters. The minimum atomic E-state index is -0.643. The van der Waals surface area contributed by atoms with Crippen molar-refractivity contribution in [2.75, 3.05) is 13.2 Å². The molecule has 0 radical (unpaired) electrons. The van der Waals surface area contributed by atoms with Gasteiger partial charge in [0.15, 0.2) is 0 Å². The summed E-state index contributed by atoms with van der Waals surface area (Å²) in [7, 11) is 0. The number of hydroxylamine groups is 1. The molecule has 0 aromatic carbocycles. The van der Waals surface area contributed by atoms with Crippen molar-refractivity contribution in [2.24, 2.45) is 5.92 Å². The number of alkyl carbamates (subject to hydrolysis) is 1. The molecule has 0 bridgehead atoms. The van der Waals surface area contributed by atoms with Crippen LogP contribution < -0.4 is 10.8 Å². The van der Waals surface area contributed by atoms with Crippen LogP contribution in [-0.2, 0) is 23.9 Å². The van der Waals surface area contributed by atoms with Crippen LogP contribution in [0.25, 0.3) is 0 Å². The number of nitrogens with one attached hydrogen (secondary N) is 2. The van der Waals surface area contributed by atoms with E-state index in [1.54, 1.807) is 27.7 Å². The summed E-state index contributed by atoms with van der Waals surface area (Å²) < 4.78 is 10.0. The standard InChI is InChI=1S/C16H26N2O6/c1-5-22-13(19)7-6-12(17-15(21)24-16(2,3)4)10-11-8-9-23-18-14(11)20/h6-7,11-12H,5,8-10H2,1-4H3,(H,17,21)(H,18,20)/b7-6+/t11-,12+/m0/s1. The number of rotatable bonds is 6. The van der Waals surface area contributed by atoms with Crippen LogP contribution in [0.3, 0.4) is 0 Å². The first-order valence-electron chi connectivity index (χ1n) is 7.97. The lowest BCUT2D eigenvalue weighted by atomic mass is 9.95. The van der Waals surface area contributed by atoms with E-state index >= 15 is 0 Å². The zero-order chi connectivity index (χ0) is 18.2. The summed E-state index contributed by atoms with van der Waals surface area (Å²) >= 11 is 0. The molecule has 1 fully saturated rings. The monoisotopic (exact) mass is 342 g/mol. The number of ether oxygens (including phenoxy) is 2. The maximum Gasteiger partial charge on any atom is 0.408 e. The Morgan fingerprint density at radius 3 is 2.75 bits per heavy atom. The van der Waals surface area contributed by atoms with Crippen LogP contribution in [0.4, 0.5) is 4.79 Å². The van der Waals surface area contributed by atoms with Gasteiger partial charge >= 0.3 is 12.1 Å². The molecule has 1 rings (SSSR count). The average Bonchev–Trinajstić information content (AvgIpc) is 2.45. The van der Waals surface area contributed by atoms with Crippen molar-refractivity contribution in [3.05, 3.63) is 12.2 Å². The van der Waals surface area contributed by atoms with E-state index in [4.69, 9.17) is 14.3 Å². The Bertz CT molecular complexity index is 483. The molecule has 0 spiro atoms. The van der Waals surface area contributed by atoms with E-state index in [1.807, 2.05) is 0 Å². The first kappa shape index (κ1) is 20.0. The zero-order valence-electron chi connectivity index (χ0n) is 14.6. The second-order valence-corrected chi connectivity index (χ2v) is 6.40. The van der Waals surface area contributed by atoms with Gasteiger partial charge in [0.2, 0.25) is 5.91 Å². The fraction of sp³-hybridized carbons (Fsp3) is 0.688. The molecule has 2 N–H and O–H groups in total. The van der Waals surface area contributed by atoms with Gasteiger partial charge in [-0.2, -0.15) is 0 Å². The topological polar surface area (TPSA) is 103 Å². The van der Waals surface area contributed by atoms with Crippen LogP contribution in [0.2, 0.25) is 0 Å². The lowest BCUT2D eigenvalue weighted by Gasteiger charge is -2.26. The minimum absolute atomic E-state index is 0.248. The van der Waals surface area contributed by atoms with Crippen molar-refractivity contribution in [2.45, 2.75) is 52.2 Å². The number of hydrogen-bond acceptors (Lipinski definition) is 6. The maximum atomic E-state index is 12.0. The van der Waals surface area contributed by atoms with Gasteiger partial charge in [0, 0.05) is 12.0 Å². The molecule has 0 unspecified atom stereocenters. The Kier molecular flexibility index (Phi) is 7.70. The molecule has 0 aromatic heterocycles. The highest BCUT2D eigenvalue weighted by molar-refractivity contribution is 5.82. The summed E-state index contributed by atoms with van der Waals surface area (Å²) in [5.41, 5.74) is 1.67. The SMILES string of the molecule is CCOC(=O)/C=C/[C@H](C[C@@H]1CCONC1=O)NC(=O)OC(C)(C)C. The molecule has 1 heterocycles. The van der Waals surface area contributed by atoms with Gasteiger partial charge in [-0.15, -0.1) is 0 Å². The van der Waals surface area contributed by atoms with Crippen LogP contribution in [0.5, 0.6) is 0 Å².